The van der Waals surface area contributed by atoms with E-state index in [9.17, 15) is 4.79 Å². The predicted octanol–water partition coefficient (Wildman–Crippen LogP) is 2.28. The third kappa shape index (κ3) is 1.61. The van der Waals surface area contributed by atoms with E-state index >= 15 is 0 Å². The fourth-order valence-corrected chi connectivity index (χ4v) is 3.50. The molecule has 1 amide bonds. The highest BCUT2D eigenvalue weighted by Gasteiger charge is 2.48. The fraction of sp³-hybridized carbons (Fsp3) is 0.533. The predicted molar refractivity (Wildman–Crippen MR) is 67.1 cm³/mol. The van der Waals surface area contributed by atoms with E-state index in [-0.39, 0.29) is 17.9 Å². The lowest BCUT2D eigenvalue weighted by Crippen LogP contribution is -2.34. The lowest BCUT2D eigenvalue weighted by atomic mass is 10.0. The van der Waals surface area contributed by atoms with Crippen LogP contribution < -0.4 is 10.1 Å². The van der Waals surface area contributed by atoms with E-state index in [0.717, 1.165) is 36.0 Å². The van der Waals surface area contributed by atoms with E-state index in [0.29, 0.717) is 6.61 Å². The second-order valence-electron chi connectivity index (χ2n) is 5.83. The van der Waals surface area contributed by atoms with E-state index in [1.165, 1.54) is 6.42 Å². The Morgan fingerprint density at radius 2 is 1.94 bits per heavy atom. The summed E-state index contributed by atoms with van der Waals surface area (Å²) in [5.74, 6) is 3.10. The third-order valence-corrected chi connectivity index (χ3v) is 4.63. The normalized spacial score (nSPS) is 35.6. The first-order valence-electron chi connectivity index (χ1n) is 6.83. The Labute approximate surface area is 107 Å². The summed E-state index contributed by atoms with van der Waals surface area (Å²) in [6.45, 7) is 0.574. The molecule has 1 aromatic rings. The minimum Gasteiger partial charge on any atom is -0.491 e. The summed E-state index contributed by atoms with van der Waals surface area (Å²) in [6.07, 6.45) is 3.57. The summed E-state index contributed by atoms with van der Waals surface area (Å²) in [5, 5.41) is 3.15. The van der Waals surface area contributed by atoms with Crippen molar-refractivity contribution in [3.63, 3.8) is 0 Å². The molecule has 2 fully saturated rings. The van der Waals surface area contributed by atoms with Crippen LogP contribution in [0, 0.1) is 17.8 Å². The van der Waals surface area contributed by atoms with Gasteiger partial charge in [-0.25, -0.2) is 0 Å². The van der Waals surface area contributed by atoms with Gasteiger partial charge in [-0.2, -0.15) is 0 Å². The Kier molecular flexibility index (Phi) is 2.16. The number of benzene rings is 1. The first-order valence-corrected chi connectivity index (χ1v) is 6.83. The molecular weight excluding hydrogens is 226 g/mol. The van der Waals surface area contributed by atoms with Crippen LogP contribution in [-0.2, 0) is 4.79 Å². The summed E-state index contributed by atoms with van der Waals surface area (Å²) in [4.78, 5) is 12.2. The van der Waals surface area contributed by atoms with Crippen LogP contribution in [0.3, 0.4) is 0 Å². The molecule has 3 nitrogen and oxygen atoms in total. The Morgan fingerprint density at radius 3 is 2.78 bits per heavy atom. The van der Waals surface area contributed by atoms with Crippen molar-refractivity contribution in [2.45, 2.75) is 25.3 Å². The van der Waals surface area contributed by atoms with Crippen LogP contribution in [-0.4, -0.2) is 12.5 Å². The summed E-state index contributed by atoms with van der Waals surface area (Å²) in [5.41, 5.74) is 1.12. The van der Waals surface area contributed by atoms with Crippen LogP contribution in [0.2, 0.25) is 0 Å². The van der Waals surface area contributed by atoms with Gasteiger partial charge in [0.25, 0.3) is 0 Å². The zero-order valence-electron chi connectivity index (χ0n) is 10.3. The van der Waals surface area contributed by atoms with Crippen LogP contribution in [0.1, 0.15) is 30.9 Å². The molecule has 1 N–H and O–H groups in total. The number of fused-ring (bicyclic) bond motifs is 2. The lowest BCUT2D eigenvalue weighted by molar-refractivity contribution is -0.126. The monoisotopic (exact) mass is 243 g/mol. The van der Waals surface area contributed by atoms with Gasteiger partial charge in [0.05, 0.1) is 6.04 Å². The summed E-state index contributed by atoms with van der Waals surface area (Å²) < 4.78 is 5.59. The molecule has 3 unspecified atom stereocenters. The molecule has 18 heavy (non-hydrogen) atoms. The minimum atomic E-state index is 0.0469. The topological polar surface area (TPSA) is 38.3 Å². The highest BCUT2D eigenvalue weighted by molar-refractivity contribution is 5.80. The number of para-hydroxylation sites is 1. The zero-order chi connectivity index (χ0) is 12.1. The standard InChI is InChI=1S/C15H17NO2/c17-15(11-6-9-5-10(9)7-11)16-13-8-18-14-4-2-1-3-12(13)14/h1-4,9-11,13H,5-8H2,(H,16,17). The van der Waals surface area contributed by atoms with Gasteiger partial charge in [-0.05, 0) is 37.2 Å². The number of nitrogens with one attached hydrogen (secondary N) is 1. The van der Waals surface area contributed by atoms with Gasteiger partial charge in [-0.3, -0.25) is 4.79 Å². The molecule has 4 rings (SSSR count). The molecule has 94 valence electrons. The molecule has 3 atom stereocenters. The van der Waals surface area contributed by atoms with E-state index < -0.39 is 0 Å². The minimum absolute atomic E-state index is 0.0469. The number of amides is 1. The quantitative estimate of drug-likeness (QED) is 0.865. The first kappa shape index (κ1) is 10.4. The van der Waals surface area contributed by atoms with Crippen molar-refractivity contribution in [1.82, 2.24) is 5.32 Å². The van der Waals surface area contributed by atoms with E-state index in [4.69, 9.17) is 4.74 Å². The summed E-state index contributed by atoms with van der Waals surface area (Å²) >= 11 is 0. The highest BCUT2D eigenvalue weighted by atomic mass is 16.5. The maximum absolute atomic E-state index is 12.2. The number of carbonyl (C=O) groups is 1. The summed E-state index contributed by atoms with van der Waals surface area (Å²) in [7, 11) is 0. The number of hydrogen-bond acceptors (Lipinski definition) is 2. The van der Waals surface area contributed by atoms with Gasteiger partial charge in [0.1, 0.15) is 12.4 Å². The fourth-order valence-electron chi connectivity index (χ4n) is 3.50. The Morgan fingerprint density at radius 1 is 1.17 bits per heavy atom. The van der Waals surface area contributed by atoms with Crippen LogP contribution >= 0.6 is 0 Å². The van der Waals surface area contributed by atoms with Gasteiger partial charge in [0.2, 0.25) is 5.91 Å². The van der Waals surface area contributed by atoms with Gasteiger partial charge in [0, 0.05) is 11.5 Å². The van der Waals surface area contributed by atoms with Crippen LogP contribution in [0.15, 0.2) is 24.3 Å². The van der Waals surface area contributed by atoms with Crippen molar-refractivity contribution in [2.24, 2.45) is 17.8 Å². The zero-order valence-corrected chi connectivity index (χ0v) is 10.3. The molecule has 3 aliphatic rings. The molecule has 0 aromatic heterocycles. The Hall–Kier alpha value is -1.51. The van der Waals surface area contributed by atoms with Gasteiger partial charge in [-0.15, -0.1) is 0 Å². The van der Waals surface area contributed by atoms with Gasteiger partial charge >= 0.3 is 0 Å². The van der Waals surface area contributed by atoms with Crippen molar-refractivity contribution >= 4 is 5.91 Å². The second kappa shape index (κ2) is 3.74. The Balaban J connectivity index is 1.45. The Bertz CT molecular complexity index is 489. The van der Waals surface area contributed by atoms with E-state index in [2.05, 4.69) is 5.32 Å². The van der Waals surface area contributed by atoms with Crippen LogP contribution in [0.4, 0.5) is 0 Å². The molecule has 1 aliphatic heterocycles. The maximum Gasteiger partial charge on any atom is 0.223 e. The van der Waals surface area contributed by atoms with Crippen molar-refractivity contribution in [1.29, 1.82) is 0 Å². The van der Waals surface area contributed by atoms with Crippen LogP contribution in [0.5, 0.6) is 5.75 Å². The highest BCUT2D eigenvalue weighted by Crippen LogP contribution is 2.54. The SMILES string of the molecule is O=C(NC1COc2ccccc21)C1CC2CC2C1. The smallest absolute Gasteiger partial charge is 0.223 e. The number of rotatable bonds is 2. The average molecular weight is 243 g/mol. The molecular formula is C15H17NO2. The molecule has 0 spiro atoms. The third-order valence-electron chi connectivity index (χ3n) is 4.63. The van der Waals surface area contributed by atoms with Gasteiger partial charge < -0.3 is 10.1 Å². The van der Waals surface area contributed by atoms with Crippen molar-refractivity contribution in [3.05, 3.63) is 29.8 Å². The van der Waals surface area contributed by atoms with Crippen LogP contribution in [0.25, 0.3) is 0 Å². The number of hydrogen-bond donors (Lipinski definition) is 1. The largest absolute Gasteiger partial charge is 0.491 e. The molecule has 1 heterocycles. The van der Waals surface area contributed by atoms with Crippen molar-refractivity contribution in [2.75, 3.05) is 6.61 Å². The number of carbonyl (C=O) groups excluding carboxylic acids is 1. The van der Waals surface area contributed by atoms with E-state index in [1.54, 1.807) is 0 Å². The van der Waals surface area contributed by atoms with Gasteiger partial charge in [-0.1, -0.05) is 18.2 Å². The van der Waals surface area contributed by atoms with Gasteiger partial charge in [0.15, 0.2) is 0 Å². The molecule has 2 aliphatic carbocycles. The summed E-state index contributed by atoms with van der Waals surface area (Å²) in [6, 6.07) is 8.02. The second-order valence-corrected chi connectivity index (χ2v) is 5.83. The average Bonchev–Trinajstić information content (AvgIpc) is 2.84. The lowest BCUT2D eigenvalue weighted by Gasteiger charge is -2.16. The maximum atomic E-state index is 12.2. The molecule has 1 aromatic carbocycles. The van der Waals surface area contributed by atoms with E-state index in [1.807, 2.05) is 24.3 Å². The molecule has 0 radical (unpaired) electrons. The molecule has 0 bridgehead atoms. The first-order chi connectivity index (χ1) is 8.81. The molecule has 3 heteroatoms. The van der Waals surface area contributed by atoms with Crippen molar-refractivity contribution in [3.8, 4) is 5.75 Å². The van der Waals surface area contributed by atoms with Crippen molar-refractivity contribution < 1.29 is 9.53 Å². The number of ether oxygens (including phenoxy) is 1. The molecule has 2 saturated carbocycles. The molecule has 0 saturated heterocycles.